The molecule has 1 aromatic rings. The first kappa shape index (κ1) is 20.2. The monoisotopic (exact) mass is 318 g/mol. The molecule has 0 unspecified atom stereocenters. The second-order valence-electron chi connectivity index (χ2n) is 7.09. The third kappa shape index (κ3) is 11.3. The van der Waals surface area contributed by atoms with E-state index in [1.165, 1.54) is 95.5 Å². The summed E-state index contributed by atoms with van der Waals surface area (Å²) in [7, 11) is 0. The highest BCUT2D eigenvalue weighted by atomic mass is 14.9. The lowest BCUT2D eigenvalue weighted by molar-refractivity contribution is -0.697. The third-order valence-corrected chi connectivity index (χ3v) is 4.72. The zero-order valence-electron chi connectivity index (χ0n) is 15.9. The summed E-state index contributed by atoms with van der Waals surface area (Å²) in [5, 5.41) is 0. The number of unbranched alkanes of at least 4 members (excludes halogenated alkanes) is 11. The molecular formula is C22H40N+. The summed E-state index contributed by atoms with van der Waals surface area (Å²) < 4.78 is 2.33. The lowest BCUT2D eigenvalue weighted by Gasteiger charge is -2.03. The predicted molar refractivity (Wildman–Crippen MR) is 102 cm³/mol. The summed E-state index contributed by atoms with van der Waals surface area (Å²) in [5.41, 5.74) is 1.51. The maximum absolute atomic E-state index is 2.34. The van der Waals surface area contributed by atoms with Crippen molar-refractivity contribution in [2.45, 2.75) is 110 Å². The van der Waals surface area contributed by atoms with Crippen molar-refractivity contribution in [1.29, 1.82) is 0 Å². The largest absolute Gasteiger partial charge is 0.205 e. The zero-order valence-corrected chi connectivity index (χ0v) is 15.9. The minimum atomic E-state index is 1.15. The van der Waals surface area contributed by atoms with E-state index in [1.54, 1.807) is 0 Å². The summed E-state index contributed by atoms with van der Waals surface area (Å²) >= 11 is 0. The first-order valence-corrected chi connectivity index (χ1v) is 10.3. The van der Waals surface area contributed by atoms with Gasteiger partial charge < -0.3 is 0 Å². The minimum absolute atomic E-state index is 1.15. The highest BCUT2D eigenvalue weighted by Crippen LogP contribution is 2.12. The van der Waals surface area contributed by atoms with Gasteiger partial charge in [0.1, 0.15) is 6.54 Å². The second-order valence-corrected chi connectivity index (χ2v) is 7.09. The molecule has 1 aromatic heterocycles. The van der Waals surface area contributed by atoms with Gasteiger partial charge in [-0.3, -0.25) is 0 Å². The van der Waals surface area contributed by atoms with E-state index in [0.29, 0.717) is 0 Å². The van der Waals surface area contributed by atoms with E-state index in [1.807, 2.05) is 0 Å². The molecule has 0 bridgehead atoms. The van der Waals surface area contributed by atoms with Crippen LogP contribution >= 0.6 is 0 Å². The summed E-state index contributed by atoms with van der Waals surface area (Å²) in [6.07, 6.45) is 24.2. The number of nitrogens with zero attached hydrogens (tertiary/aromatic N) is 1. The van der Waals surface area contributed by atoms with Gasteiger partial charge in [0.05, 0.1) is 0 Å². The van der Waals surface area contributed by atoms with Gasteiger partial charge >= 0.3 is 0 Å². The van der Waals surface area contributed by atoms with Gasteiger partial charge in [0, 0.05) is 18.1 Å². The van der Waals surface area contributed by atoms with Crippen LogP contribution in [0.5, 0.6) is 0 Å². The Morgan fingerprint density at radius 1 is 0.696 bits per heavy atom. The normalized spacial score (nSPS) is 11.0. The summed E-state index contributed by atoms with van der Waals surface area (Å²) in [4.78, 5) is 0. The highest BCUT2D eigenvalue weighted by molar-refractivity contribution is 5.05. The SMILES string of the molecule is CCCCCCCCCCCCCCc1ccc[n+](CCC)c1. The molecule has 1 heterocycles. The Morgan fingerprint density at radius 3 is 1.83 bits per heavy atom. The first-order chi connectivity index (χ1) is 11.4. The van der Waals surface area contributed by atoms with Crippen LogP contribution in [-0.2, 0) is 13.0 Å². The smallest absolute Gasteiger partial charge is 0.171 e. The summed E-state index contributed by atoms with van der Waals surface area (Å²) in [6, 6.07) is 4.48. The molecule has 0 fully saturated rings. The predicted octanol–water partition coefficient (Wildman–Crippen LogP) is 6.63. The van der Waals surface area contributed by atoms with Gasteiger partial charge in [-0.25, -0.2) is 4.57 Å². The third-order valence-electron chi connectivity index (χ3n) is 4.72. The van der Waals surface area contributed by atoms with Crippen LogP contribution in [-0.4, -0.2) is 0 Å². The van der Waals surface area contributed by atoms with Crippen LogP contribution in [0.25, 0.3) is 0 Å². The zero-order chi connectivity index (χ0) is 16.6. The molecule has 0 aliphatic heterocycles. The van der Waals surface area contributed by atoms with Crippen molar-refractivity contribution in [3.8, 4) is 0 Å². The Bertz CT molecular complexity index is 372. The Morgan fingerprint density at radius 2 is 1.26 bits per heavy atom. The van der Waals surface area contributed by atoms with Gasteiger partial charge in [0.15, 0.2) is 12.4 Å². The number of rotatable bonds is 15. The van der Waals surface area contributed by atoms with Crippen LogP contribution in [0, 0.1) is 0 Å². The highest BCUT2D eigenvalue weighted by Gasteiger charge is 2.01. The van der Waals surface area contributed by atoms with Crippen molar-refractivity contribution < 1.29 is 4.57 Å². The van der Waals surface area contributed by atoms with Crippen molar-refractivity contribution in [3.63, 3.8) is 0 Å². The second kappa shape index (κ2) is 14.7. The molecule has 0 saturated carbocycles. The average molecular weight is 319 g/mol. The number of pyridine rings is 1. The van der Waals surface area contributed by atoms with E-state index in [2.05, 4.69) is 42.9 Å². The molecule has 0 amide bonds. The summed E-state index contributed by atoms with van der Waals surface area (Å²) in [6.45, 7) is 5.68. The van der Waals surface area contributed by atoms with Crippen molar-refractivity contribution >= 4 is 0 Å². The lowest BCUT2D eigenvalue weighted by atomic mass is 10.0. The van der Waals surface area contributed by atoms with Gasteiger partial charge in [-0.1, -0.05) is 84.5 Å². The minimum Gasteiger partial charge on any atom is -0.205 e. The molecule has 0 aliphatic rings. The Balaban J connectivity index is 1.90. The molecule has 132 valence electrons. The van der Waals surface area contributed by atoms with Gasteiger partial charge in [-0.15, -0.1) is 0 Å². The number of aryl methyl sites for hydroxylation is 2. The molecule has 1 rings (SSSR count). The lowest BCUT2D eigenvalue weighted by Crippen LogP contribution is -2.32. The molecule has 0 spiro atoms. The maximum atomic E-state index is 2.34. The maximum Gasteiger partial charge on any atom is 0.171 e. The molecule has 0 aromatic carbocycles. The molecule has 0 atom stereocenters. The fourth-order valence-corrected chi connectivity index (χ4v) is 3.29. The molecule has 1 nitrogen and oxygen atoms in total. The average Bonchev–Trinajstić information content (AvgIpc) is 2.56. The molecule has 0 saturated heterocycles. The Labute approximate surface area is 145 Å². The Kier molecular flexibility index (Phi) is 12.9. The fourth-order valence-electron chi connectivity index (χ4n) is 3.29. The van der Waals surface area contributed by atoms with E-state index >= 15 is 0 Å². The number of aromatic nitrogens is 1. The summed E-state index contributed by atoms with van der Waals surface area (Å²) in [5.74, 6) is 0. The fraction of sp³-hybridized carbons (Fsp3) is 0.773. The van der Waals surface area contributed by atoms with E-state index < -0.39 is 0 Å². The van der Waals surface area contributed by atoms with E-state index in [0.717, 1.165) is 6.54 Å². The van der Waals surface area contributed by atoms with Crippen LogP contribution in [0.3, 0.4) is 0 Å². The van der Waals surface area contributed by atoms with Crippen molar-refractivity contribution in [2.24, 2.45) is 0 Å². The molecular weight excluding hydrogens is 278 g/mol. The molecule has 0 N–H and O–H groups in total. The quantitative estimate of drug-likeness (QED) is 0.252. The first-order valence-electron chi connectivity index (χ1n) is 10.3. The molecule has 0 aliphatic carbocycles. The van der Waals surface area contributed by atoms with Gasteiger partial charge in [0.25, 0.3) is 0 Å². The molecule has 1 heteroatoms. The number of hydrogen-bond acceptors (Lipinski definition) is 0. The van der Waals surface area contributed by atoms with Crippen LogP contribution in [0.4, 0.5) is 0 Å². The van der Waals surface area contributed by atoms with Crippen LogP contribution in [0.1, 0.15) is 103 Å². The van der Waals surface area contributed by atoms with E-state index in [9.17, 15) is 0 Å². The van der Waals surface area contributed by atoms with Gasteiger partial charge in [-0.05, 0) is 18.9 Å². The standard InChI is InChI=1S/C22H40N/c1-3-5-6-7-8-9-10-11-12-13-14-15-17-22-18-16-20-23(21-22)19-4-2/h16,18,20-21H,3-15,17,19H2,1-2H3/q+1. The van der Waals surface area contributed by atoms with Crippen LogP contribution in [0.2, 0.25) is 0 Å². The number of hydrogen-bond donors (Lipinski definition) is 0. The van der Waals surface area contributed by atoms with Gasteiger partial charge in [0.2, 0.25) is 0 Å². The topological polar surface area (TPSA) is 3.88 Å². The molecule has 0 radical (unpaired) electrons. The van der Waals surface area contributed by atoms with E-state index in [-0.39, 0.29) is 0 Å². The van der Waals surface area contributed by atoms with Crippen molar-refractivity contribution in [1.82, 2.24) is 0 Å². The van der Waals surface area contributed by atoms with Crippen molar-refractivity contribution in [2.75, 3.05) is 0 Å². The van der Waals surface area contributed by atoms with Crippen LogP contribution in [0.15, 0.2) is 24.5 Å². The Hall–Kier alpha value is -0.850. The molecule has 23 heavy (non-hydrogen) atoms. The van der Waals surface area contributed by atoms with Crippen LogP contribution < -0.4 is 4.57 Å². The van der Waals surface area contributed by atoms with Crippen molar-refractivity contribution in [3.05, 3.63) is 30.1 Å². The van der Waals surface area contributed by atoms with E-state index in [4.69, 9.17) is 0 Å². The van der Waals surface area contributed by atoms with Gasteiger partial charge in [-0.2, -0.15) is 0 Å².